The Morgan fingerprint density at radius 2 is 1.50 bits per heavy atom. The second-order valence-electron chi connectivity index (χ2n) is 7.66. The molecule has 1 aromatic carbocycles. The van der Waals surface area contributed by atoms with E-state index >= 15 is 0 Å². The molecule has 1 N–H and O–H groups in total. The Labute approximate surface area is 158 Å². The highest BCUT2D eigenvalue weighted by Crippen LogP contribution is 2.36. The second kappa shape index (κ2) is 7.88. The van der Waals surface area contributed by atoms with Crippen molar-refractivity contribution in [2.24, 2.45) is 0 Å². The normalized spacial score (nSPS) is 19.1. The number of hydrogen-bond acceptors (Lipinski definition) is 5. The lowest BCUT2D eigenvalue weighted by atomic mass is 9.79. The monoisotopic (exact) mass is 382 g/mol. The Bertz CT molecular complexity index is 684. The van der Waals surface area contributed by atoms with Crippen LogP contribution in [0.5, 0.6) is 0 Å². The Morgan fingerprint density at radius 1 is 1.00 bits per heavy atom. The van der Waals surface area contributed by atoms with Gasteiger partial charge in [-0.05, 0) is 58.4 Å². The Kier molecular flexibility index (Phi) is 6.43. The Morgan fingerprint density at radius 3 is 1.96 bits per heavy atom. The van der Waals surface area contributed by atoms with E-state index in [1.165, 1.54) is 0 Å². The summed E-state index contributed by atoms with van der Waals surface area (Å²) in [5, 5.41) is 0. The van der Waals surface area contributed by atoms with Gasteiger partial charge in [-0.1, -0.05) is 26.0 Å². The van der Waals surface area contributed by atoms with Gasteiger partial charge >= 0.3 is 7.12 Å². The molecule has 0 bridgehead atoms. The number of rotatable bonds is 8. The zero-order valence-electron chi connectivity index (χ0n) is 16.7. The minimum Gasteiger partial charge on any atom is -0.399 e. The molecule has 1 saturated heterocycles. The molecule has 0 saturated carbocycles. The van der Waals surface area contributed by atoms with Crippen LogP contribution in [0.15, 0.2) is 24.3 Å². The van der Waals surface area contributed by atoms with E-state index in [2.05, 4.69) is 9.62 Å². The van der Waals surface area contributed by atoms with E-state index in [9.17, 15) is 8.42 Å². The molecule has 0 unspecified atom stereocenters. The number of sulfonamides is 1. The number of benzene rings is 1. The fourth-order valence-electron chi connectivity index (χ4n) is 2.71. The maximum atomic E-state index is 12.3. The standard InChI is InChI=1S/C18H31BN2O4S/c1-7-21(8-2)13-14-26(22,23)20-16-11-9-15(10-12-16)19-24-17(3,4)18(5,6)25-19/h9-12,20H,7-8,13-14H2,1-6H3. The summed E-state index contributed by atoms with van der Waals surface area (Å²) < 4.78 is 39.2. The van der Waals surface area contributed by atoms with Crippen LogP contribution in [0.25, 0.3) is 0 Å². The lowest BCUT2D eigenvalue weighted by Gasteiger charge is -2.32. The van der Waals surface area contributed by atoms with Crippen molar-refractivity contribution in [3.63, 3.8) is 0 Å². The maximum Gasteiger partial charge on any atom is 0.494 e. The lowest BCUT2D eigenvalue weighted by molar-refractivity contribution is 0.00578. The van der Waals surface area contributed by atoms with Gasteiger partial charge in [-0.15, -0.1) is 0 Å². The quantitative estimate of drug-likeness (QED) is 0.698. The summed E-state index contributed by atoms with van der Waals surface area (Å²) in [6.45, 7) is 14.3. The van der Waals surface area contributed by atoms with E-state index in [0.717, 1.165) is 18.6 Å². The molecular weight excluding hydrogens is 351 g/mol. The number of anilines is 1. The van der Waals surface area contributed by atoms with Crippen LogP contribution in [0, 0.1) is 0 Å². The van der Waals surface area contributed by atoms with Gasteiger partial charge in [-0.25, -0.2) is 8.42 Å². The summed E-state index contributed by atoms with van der Waals surface area (Å²) in [6, 6.07) is 7.17. The van der Waals surface area contributed by atoms with Crippen LogP contribution >= 0.6 is 0 Å². The Hall–Kier alpha value is -1.09. The van der Waals surface area contributed by atoms with Crippen LogP contribution in [-0.4, -0.2) is 57.0 Å². The predicted molar refractivity (Wildman–Crippen MR) is 107 cm³/mol. The van der Waals surface area contributed by atoms with Gasteiger partial charge in [0, 0.05) is 12.2 Å². The van der Waals surface area contributed by atoms with Crippen molar-refractivity contribution < 1.29 is 17.7 Å². The van der Waals surface area contributed by atoms with E-state index in [1.54, 1.807) is 12.1 Å². The molecule has 1 aromatic rings. The van der Waals surface area contributed by atoms with E-state index < -0.39 is 28.3 Å². The smallest absolute Gasteiger partial charge is 0.399 e. The van der Waals surface area contributed by atoms with Crippen molar-refractivity contribution >= 4 is 28.3 Å². The summed E-state index contributed by atoms with van der Waals surface area (Å²) >= 11 is 0. The average molecular weight is 382 g/mol. The van der Waals surface area contributed by atoms with Gasteiger partial charge in [-0.3, -0.25) is 4.72 Å². The van der Waals surface area contributed by atoms with Crippen LogP contribution in [-0.2, 0) is 19.3 Å². The molecule has 0 amide bonds. The molecule has 0 aromatic heterocycles. The van der Waals surface area contributed by atoms with Crippen molar-refractivity contribution in [3.05, 3.63) is 24.3 Å². The lowest BCUT2D eigenvalue weighted by Crippen LogP contribution is -2.41. The highest BCUT2D eigenvalue weighted by Gasteiger charge is 2.51. The van der Waals surface area contributed by atoms with Gasteiger partial charge in [-0.2, -0.15) is 0 Å². The first-order valence-corrected chi connectivity index (χ1v) is 10.8. The van der Waals surface area contributed by atoms with Crippen LogP contribution in [0.4, 0.5) is 5.69 Å². The summed E-state index contributed by atoms with van der Waals surface area (Å²) in [7, 11) is -3.82. The molecule has 146 valence electrons. The molecule has 1 aliphatic rings. The second-order valence-corrected chi connectivity index (χ2v) is 9.50. The molecule has 26 heavy (non-hydrogen) atoms. The number of nitrogens with one attached hydrogen (secondary N) is 1. The molecule has 1 heterocycles. The third-order valence-electron chi connectivity index (χ3n) is 5.28. The number of hydrogen-bond donors (Lipinski definition) is 1. The molecule has 0 aliphatic carbocycles. The van der Waals surface area contributed by atoms with Gasteiger partial charge in [0.1, 0.15) is 0 Å². The Balaban J connectivity index is 2.00. The molecule has 0 radical (unpaired) electrons. The van der Waals surface area contributed by atoms with Crippen LogP contribution < -0.4 is 10.2 Å². The van der Waals surface area contributed by atoms with E-state index in [1.807, 2.05) is 53.7 Å². The molecule has 1 aliphatic heterocycles. The first-order chi connectivity index (χ1) is 12.0. The maximum absolute atomic E-state index is 12.3. The molecule has 1 fully saturated rings. The van der Waals surface area contributed by atoms with Crippen LogP contribution in [0.1, 0.15) is 41.5 Å². The zero-order valence-corrected chi connectivity index (χ0v) is 17.5. The zero-order chi connectivity index (χ0) is 19.6. The molecule has 0 spiro atoms. The van der Waals surface area contributed by atoms with E-state index in [-0.39, 0.29) is 5.75 Å². The fourth-order valence-corrected chi connectivity index (χ4v) is 3.80. The van der Waals surface area contributed by atoms with Gasteiger partial charge in [0.05, 0.1) is 17.0 Å². The fraction of sp³-hybridized carbons (Fsp3) is 0.667. The van der Waals surface area contributed by atoms with Crippen molar-refractivity contribution in [2.75, 3.05) is 30.1 Å². The molecular formula is C18H31BN2O4S. The third-order valence-corrected chi connectivity index (χ3v) is 6.55. The minimum atomic E-state index is -3.37. The van der Waals surface area contributed by atoms with Gasteiger partial charge < -0.3 is 14.2 Å². The third kappa shape index (κ3) is 5.00. The van der Waals surface area contributed by atoms with Crippen LogP contribution in [0.2, 0.25) is 0 Å². The van der Waals surface area contributed by atoms with Crippen molar-refractivity contribution in [3.8, 4) is 0 Å². The summed E-state index contributed by atoms with van der Waals surface area (Å²) in [6.07, 6.45) is 0. The summed E-state index contributed by atoms with van der Waals surface area (Å²) in [5.74, 6) is 0.0770. The van der Waals surface area contributed by atoms with Crippen molar-refractivity contribution in [1.82, 2.24) is 4.90 Å². The van der Waals surface area contributed by atoms with E-state index in [0.29, 0.717) is 12.2 Å². The average Bonchev–Trinajstić information content (AvgIpc) is 2.76. The summed E-state index contributed by atoms with van der Waals surface area (Å²) in [4.78, 5) is 2.08. The van der Waals surface area contributed by atoms with Gasteiger partial charge in [0.15, 0.2) is 0 Å². The van der Waals surface area contributed by atoms with E-state index in [4.69, 9.17) is 9.31 Å². The highest BCUT2D eigenvalue weighted by molar-refractivity contribution is 7.92. The molecule has 8 heteroatoms. The number of nitrogens with zero attached hydrogens (tertiary/aromatic N) is 1. The molecule has 0 atom stereocenters. The topological polar surface area (TPSA) is 67.9 Å². The van der Waals surface area contributed by atoms with Gasteiger partial charge in [0.2, 0.25) is 10.0 Å². The largest absolute Gasteiger partial charge is 0.494 e. The van der Waals surface area contributed by atoms with Crippen molar-refractivity contribution in [1.29, 1.82) is 0 Å². The first-order valence-electron chi connectivity index (χ1n) is 9.18. The molecule has 2 rings (SSSR count). The van der Waals surface area contributed by atoms with Crippen LogP contribution in [0.3, 0.4) is 0 Å². The van der Waals surface area contributed by atoms with Gasteiger partial charge in [0.25, 0.3) is 0 Å². The molecule has 6 nitrogen and oxygen atoms in total. The summed E-state index contributed by atoms with van der Waals surface area (Å²) in [5.41, 5.74) is 0.615. The SMILES string of the molecule is CCN(CC)CCS(=O)(=O)Nc1ccc(B2OC(C)(C)C(C)(C)O2)cc1. The first kappa shape index (κ1) is 21.2. The highest BCUT2D eigenvalue weighted by atomic mass is 32.2. The predicted octanol–water partition coefficient (Wildman–Crippen LogP) is 2.07. The minimum absolute atomic E-state index is 0.0770. The van der Waals surface area contributed by atoms with Crippen molar-refractivity contribution in [2.45, 2.75) is 52.7 Å².